The number of nitrogens with zero attached hydrogens (tertiary/aromatic N) is 2. The molecule has 1 aliphatic rings. The monoisotopic (exact) mass is 401 g/mol. The number of nitrogens with one attached hydrogen (secondary N) is 1. The van der Waals surface area contributed by atoms with Crippen LogP contribution in [0.15, 0.2) is 30.3 Å². The lowest BCUT2D eigenvalue weighted by Crippen LogP contribution is -2.43. The summed E-state index contributed by atoms with van der Waals surface area (Å²) in [4.78, 5) is 16.3. The fraction of sp³-hybridized carbons (Fsp3) is 0.500. The summed E-state index contributed by atoms with van der Waals surface area (Å²) >= 11 is 1.47. The van der Waals surface area contributed by atoms with E-state index in [-0.39, 0.29) is 5.91 Å². The maximum absolute atomic E-state index is 11.9. The third-order valence-corrected chi connectivity index (χ3v) is 6.41. The van der Waals surface area contributed by atoms with Crippen LogP contribution in [0, 0.1) is 11.8 Å². The number of hydroxylamine groups is 1. The summed E-state index contributed by atoms with van der Waals surface area (Å²) in [5, 5.41) is 8.94. The minimum atomic E-state index is -0.609. The van der Waals surface area contributed by atoms with Gasteiger partial charge in [-0.1, -0.05) is 30.0 Å². The second-order valence-corrected chi connectivity index (χ2v) is 8.83. The summed E-state index contributed by atoms with van der Waals surface area (Å²) in [5.41, 5.74) is 5.46. The van der Waals surface area contributed by atoms with Gasteiger partial charge in [-0.25, -0.2) is 5.48 Å². The van der Waals surface area contributed by atoms with E-state index in [9.17, 15) is 4.79 Å². The van der Waals surface area contributed by atoms with E-state index in [1.807, 2.05) is 27.3 Å². The highest BCUT2D eigenvalue weighted by atomic mass is 32.2. The molecule has 6 heteroatoms. The van der Waals surface area contributed by atoms with Gasteiger partial charge in [-0.3, -0.25) is 19.8 Å². The Morgan fingerprint density at radius 1 is 1.36 bits per heavy atom. The van der Waals surface area contributed by atoms with Crippen LogP contribution >= 0.6 is 11.8 Å². The standard InChI is InChI=1S/C22H31N3O2S/c1-22(28-4,21(26)23-27)13-17-25-15-11-20(12-16-25)19-9-7-18(8-10-19)6-5-14-24(2)3/h7-11,27H,12-17H2,1-4H3,(H,23,26). The van der Waals surface area contributed by atoms with E-state index in [0.717, 1.165) is 38.2 Å². The zero-order valence-electron chi connectivity index (χ0n) is 17.3. The topological polar surface area (TPSA) is 55.8 Å². The summed E-state index contributed by atoms with van der Waals surface area (Å²) < 4.78 is -0.609. The molecule has 1 heterocycles. The molecule has 28 heavy (non-hydrogen) atoms. The number of hydrogen-bond acceptors (Lipinski definition) is 5. The Hall–Kier alpha value is -1.78. The highest BCUT2D eigenvalue weighted by Gasteiger charge is 2.32. The van der Waals surface area contributed by atoms with Gasteiger partial charge in [0.2, 0.25) is 0 Å². The van der Waals surface area contributed by atoms with Crippen LogP contribution in [0.3, 0.4) is 0 Å². The Morgan fingerprint density at radius 3 is 2.61 bits per heavy atom. The number of carbonyl (C=O) groups excluding carboxylic acids is 1. The first kappa shape index (κ1) is 22.5. The molecular formula is C22H31N3O2S. The van der Waals surface area contributed by atoms with Crippen LogP contribution in [0.4, 0.5) is 0 Å². The zero-order chi connectivity index (χ0) is 20.6. The molecule has 1 aliphatic heterocycles. The van der Waals surface area contributed by atoms with E-state index in [4.69, 9.17) is 5.21 Å². The van der Waals surface area contributed by atoms with Crippen molar-refractivity contribution in [2.75, 3.05) is 46.5 Å². The molecule has 1 aromatic rings. The normalized spacial score (nSPS) is 16.7. The van der Waals surface area contributed by atoms with Crippen molar-refractivity contribution in [3.05, 3.63) is 41.5 Å². The van der Waals surface area contributed by atoms with Gasteiger partial charge >= 0.3 is 0 Å². The lowest BCUT2D eigenvalue weighted by molar-refractivity contribution is -0.131. The predicted molar refractivity (Wildman–Crippen MR) is 117 cm³/mol. The first-order chi connectivity index (χ1) is 13.4. The van der Waals surface area contributed by atoms with Gasteiger partial charge in [-0.2, -0.15) is 0 Å². The van der Waals surface area contributed by atoms with Gasteiger partial charge in [-0.15, -0.1) is 11.8 Å². The zero-order valence-corrected chi connectivity index (χ0v) is 18.1. The maximum Gasteiger partial charge on any atom is 0.259 e. The average Bonchev–Trinajstić information content (AvgIpc) is 2.72. The number of amides is 1. The molecule has 0 radical (unpaired) electrons. The molecule has 1 amide bonds. The predicted octanol–water partition coefficient (Wildman–Crippen LogP) is 2.71. The second kappa shape index (κ2) is 10.7. The molecule has 152 valence electrons. The summed E-state index contributed by atoms with van der Waals surface area (Å²) in [5.74, 6) is 6.02. The fourth-order valence-corrected chi connectivity index (χ4v) is 3.57. The first-order valence-corrected chi connectivity index (χ1v) is 10.8. The second-order valence-electron chi connectivity index (χ2n) is 7.52. The molecule has 0 saturated heterocycles. The van der Waals surface area contributed by atoms with Gasteiger partial charge in [0.25, 0.3) is 5.91 Å². The third-order valence-electron chi connectivity index (χ3n) is 5.11. The van der Waals surface area contributed by atoms with Crippen LogP contribution < -0.4 is 5.48 Å². The van der Waals surface area contributed by atoms with Gasteiger partial charge in [0.1, 0.15) is 0 Å². The molecule has 5 nitrogen and oxygen atoms in total. The van der Waals surface area contributed by atoms with E-state index < -0.39 is 4.75 Å². The van der Waals surface area contributed by atoms with Gasteiger partial charge in [0.05, 0.1) is 11.3 Å². The minimum Gasteiger partial charge on any atom is -0.299 e. The van der Waals surface area contributed by atoms with Crippen molar-refractivity contribution < 1.29 is 10.0 Å². The van der Waals surface area contributed by atoms with Crippen LogP contribution in [0.1, 0.15) is 30.9 Å². The Bertz CT molecular complexity index is 749. The number of hydrogen-bond donors (Lipinski definition) is 2. The van der Waals surface area contributed by atoms with Crippen LogP contribution in [0.2, 0.25) is 0 Å². The quantitative estimate of drug-likeness (QED) is 0.418. The largest absolute Gasteiger partial charge is 0.299 e. The highest BCUT2D eigenvalue weighted by Crippen LogP contribution is 2.28. The summed E-state index contributed by atoms with van der Waals surface area (Å²) in [6, 6.07) is 8.47. The molecule has 1 unspecified atom stereocenters. The molecule has 2 rings (SSSR count). The fourth-order valence-electron chi connectivity index (χ4n) is 3.04. The molecule has 0 saturated carbocycles. The summed E-state index contributed by atoms with van der Waals surface area (Å²) in [7, 11) is 4.03. The number of benzene rings is 1. The molecule has 0 bridgehead atoms. The number of rotatable bonds is 7. The molecule has 1 aromatic carbocycles. The van der Waals surface area contributed by atoms with E-state index in [1.54, 1.807) is 5.48 Å². The summed E-state index contributed by atoms with van der Waals surface area (Å²) in [6.07, 6.45) is 5.87. The number of carbonyl (C=O) groups is 1. The molecular weight excluding hydrogens is 370 g/mol. The number of thioether (sulfide) groups is 1. The van der Waals surface area contributed by atoms with E-state index in [2.05, 4.69) is 52.0 Å². The summed E-state index contributed by atoms with van der Waals surface area (Å²) in [6.45, 7) is 5.32. The smallest absolute Gasteiger partial charge is 0.259 e. The molecule has 0 fully saturated rings. The van der Waals surface area contributed by atoms with Crippen molar-refractivity contribution in [1.29, 1.82) is 0 Å². The Kier molecular flexibility index (Phi) is 8.58. The SMILES string of the molecule is CSC(C)(CCN1CC=C(c2ccc(C#CCN(C)C)cc2)CC1)C(=O)NO. The highest BCUT2D eigenvalue weighted by molar-refractivity contribution is 8.00. The van der Waals surface area contributed by atoms with Crippen molar-refractivity contribution >= 4 is 23.2 Å². The lowest BCUT2D eigenvalue weighted by Gasteiger charge is -2.31. The Morgan fingerprint density at radius 2 is 2.07 bits per heavy atom. The van der Waals surface area contributed by atoms with Crippen molar-refractivity contribution in [3.63, 3.8) is 0 Å². The van der Waals surface area contributed by atoms with E-state index >= 15 is 0 Å². The first-order valence-electron chi connectivity index (χ1n) is 9.53. The maximum atomic E-state index is 11.9. The molecule has 2 N–H and O–H groups in total. The van der Waals surface area contributed by atoms with Crippen molar-refractivity contribution in [2.24, 2.45) is 0 Å². The van der Waals surface area contributed by atoms with Gasteiger partial charge in [0.15, 0.2) is 0 Å². The van der Waals surface area contributed by atoms with Crippen molar-refractivity contribution in [2.45, 2.75) is 24.5 Å². The average molecular weight is 402 g/mol. The van der Waals surface area contributed by atoms with E-state index in [0.29, 0.717) is 6.42 Å². The Labute approximate surface area is 173 Å². The minimum absolute atomic E-state index is 0.331. The van der Waals surface area contributed by atoms with Crippen LogP contribution in [-0.2, 0) is 4.79 Å². The molecule has 0 spiro atoms. The molecule has 0 aliphatic carbocycles. The van der Waals surface area contributed by atoms with E-state index in [1.165, 1.54) is 22.9 Å². The van der Waals surface area contributed by atoms with Gasteiger partial charge in [0, 0.05) is 25.2 Å². The third kappa shape index (κ3) is 6.39. The van der Waals surface area contributed by atoms with Crippen LogP contribution in [-0.4, -0.2) is 72.2 Å². The van der Waals surface area contributed by atoms with Crippen LogP contribution in [0.5, 0.6) is 0 Å². The van der Waals surface area contributed by atoms with Crippen molar-refractivity contribution in [3.8, 4) is 11.8 Å². The Balaban J connectivity index is 1.91. The van der Waals surface area contributed by atoms with Gasteiger partial charge < -0.3 is 0 Å². The molecule has 1 atom stereocenters. The van der Waals surface area contributed by atoms with Gasteiger partial charge in [-0.05, 0) is 63.4 Å². The molecule has 0 aromatic heterocycles. The lowest BCUT2D eigenvalue weighted by atomic mass is 9.98. The van der Waals surface area contributed by atoms with Crippen molar-refractivity contribution in [1.82, 2.24) is 15.3 Å². The van der Waals surface area contributed by atoms with Crippen LogP contribution in [0.25, 0.3) is 5.57 Å².